The zero-order valence-corrected chi connectivity index (χ0v) is 42.3. The quantitative estimate of drug-likeness (QED) is 0.0879. The van der Waals surface area contributed by atoms with Crippen molar-refractivity contribution in [2.75, 3.05) is 14.2 Å². The first-order valence-electron chi connectivity index (χ1n) is 23.4. The van der Waals surface area contributed by atoms with E-state index in [2.05, 4.69) is 154 Å². The molecule has 2 aromatic carbocycles. The van der Waals surface area contributed by atoms with Gasteiger partial charge in [-0.15, -0.1) is 0 Å². The monoisotopic (exact) mass is 905 g/mol. The van der Waals surface area contributed by atoms with Crippen LogP contribution in [0.4, 0.5) is 0 Å². The molecule has 0 saturated carbocycles. The Hall–Kier alpha value is -6.40. The lowest BCUT2D eigenvalue weighted by atomic mass is 9.72. The van der Waals surface area contributed by atoms with Crippen LogP contribution < -0.4 is 9.47 Å². The largest absolute Gasteiger partial charge is 0.504 e. The highest BCUT2D eigenvalue weighted by Gasteiger charge is 2.27. The SMILES string of the molecule is CC1=C(/C=C/C(C)=C/C=C/C(C)=C/C=C/C=C(C)/C=C/C=C(C)/C=C/C2=C(C)CCCC2(C)C)C(C)(C)CCC1.COc1cc(/C=C/C(=O)CC(=O)/C=C/c2ccc(O)c(OC)c2)ccc1O. The molecule has 2 aliphatic carbocycles. The molecule has 2 aromatic rings. The van der Waals surface area contributed by atoms with Crippen molar-refractivity contribution in [1.29, 1.82) is 0 Å². The van der Waals surface area contributed by atoms with Crippen molar-refractivity contribution in [3.8, 4) is 23.0 Å². The molecule has 2 aliphatic rings. The number of allylic oxidation sites excluding steroid dienone is 24. The highest BCUT2D eigenvalue weighted by molar-refractivity contribution is 6.10. The van der Waals surface area contributed by atoms with Crippen LogP contribution in [0.1, 0.15) is 125 Å². The van der Waals surface area contributed by atoms with Gasteiger partial charge in [0.2, 0.25) is 0 Å². The Morgan fingerprint density at radius 2 is 0.896 bits per heavy atom. The second-order valence-electron chi connectivity index (χ2n) is 18.9. The Balaban J connectivity index is 0.000000383. The van der Waals surface area contributed by atoms with Crippen molar-refractivity contribution < 1.29 is 29.3 Å². The van der Waals surface area contributed by atoms with Crippen LogP contribution in [0.3, 0.4) is 0 Å². The first-order valence-corrected chi connectivity index (χ1v) is 23.4. The summed E-state index contributed by atoms with van der Waals surface area (Å²) in [6.07, 6.45) is 43.8. The van der Waals surface area contributed by atoms with Crippen LogP contribution >= 0.6 is 0 Å². The van der Waals surface area contributed by atoms with Crippen molar-refractivity contribution in [2.45, 2.75) is 114 Å². The van der Waals surface area contributed by atoms with Gasteiger partial charge < -0.3 is 19.7 Å². The van der Waals surface area contributed by atoms with E-state index in [0.29, 0.717) is 33.5 Å². The normalized spacial score (nSPS) is 17.6. The van der Waals surface area contributed by atoms with Crippen LogP contribution in [0.25, 0.3) is 12.2 Å². The van der Waals surface area contributed by atoms with E-state index in [1.807, 2.05) is 0 Å². The van der Waals surface area contributed by atoms with Gasteiger partial charge in [0.15, 0.2) is 34.6 Å². The Bertz CT molecular complexity index is 2290. The number of rotatable bonds is 18. The van der Waals surface area contributed by atoms with Gasteiger partial charge in [-0.05, 0) is 150 Å². The summed E-state index contributed by atoms with van der Waals surface area (Å²) < 4.78 is 10.00. The average Bonchev–Trinajstić information content (AvgIpc) is 3.26. The number of ether oxygens (including phenoxy) is 2. The summed E-state index contributed by atoms with van der Waals surface area (Å²) in [6, 6.07) is 9.34. The molecule has 0 amide bonds. The van der Waals surface area contributed by atoms with Crippen LogP contribution in [-0.4, -0.2) is 36.0 Å². The minimum Gasteiger partial charge on any atom is -0.504 e. The van der Waals surface area contributed by atoms with Gasteiger partial charge in [0.1, 0.15) is 0 Å². The summed E-state index contributed by atoms with van der Waals surface area (Å²) >= 11 is 0. The number of aromatic hydroxyl groups is 2. The fourth-order valence-corrected chi connectivity index (χ4v) is 8.05. The topological polar surface area (TPSA) is 93.1 Å². The van der Waals surface area contributed by atoms with E-state index in [1.165, 1.54) is 110 Å². The van der Waals surface area contributed by atoms with Gasteiger partial charge in [-0.3, -0.25) is 9.59 Å². The van der Waals surface area contributed by atoms with Crippen LogP contribution in [0, 0.1) is 10.8 Å². The van der Waals surface area contributed by atoms with Crippen molar-refractivity contribution in [3.05, 3.63) is 189 Å². The fourth-order valence-electron chi connectivity index (χ4n) is 8.05. The number of benzene rings is 2. The van der Waals surface area contributed by atoms with Crippen LogP contribution in [0.15, 0.2) is 178 Å². The van der Waals surface area contributed by atoms with E-state index >= 15 is 0 Å². The lowest BCUT2D eigenvalue weighted by molar-refractivity contribution is -0.121. The zero-order chi connectivity index (χ0) is 49.6. The average molecular weight is 905 g/mol. The second kappa shape index (κ2) is 27.3. The zero-order valence-electron chi connectivity index (χ0n) is 42.3. The van der Waals surface area contributed by atoms with Crippen molar-refractivity contribution in [3.63, 3.8) is 0 Å². The number of hydrogen-bond acceptors (Lipinski definition) is 6. The second-order valence-corrected chi connectivity index (χ2v) is 18.9. The number of ketones is 2. The molecule has 0 unspecified atom stereocenters. The number of carbonyl (C=O) groups excluding carboxylic acids is 2. The van der Waals surface area contributed by atoms with Crippen molar-refractivity contribution in [1.82, 2.24) is 0 Å². The van der Waals surface area contributed by atoms with Crippen molar-refractivity contribution in [2.24, 2.45) is 10.8 Å². The summed E-state index contributed by atoms with van der Waals surface area (Å²) in [5, 5.41) is 19.1. The number of hydrogen-bond donors (Lipinski definition) is 2. The van der Waals surface area contributed by atoms with Gasteiger partial charge in [0.05, 0.1) is 20.6 Å². The molecule has 6 heteroatoms. The molecule has 67 heavy (non-hydrogen) atoms. The van der Waals surface area contributed by atoms with Crippen LogP contribution in [0.2, 0.25) is 0 Å². The molecule has 0 bridgehead atoms. The third-order valence-corrected chi connectivity index (χ3v) is 12.1. The van der Waals surface area contributed by atoms with E-state index in [-0.39, 0.29) is 29.5 Å². The van der Waals surface area contributed by atoms with Gasteiger partial charge >= 0.3 is 0 Å². The molecule has 0 spiro atoms. The lowest BCUT2D eigenvalue weighted by Crippen LogP contribution is -2.19. The van der Waals surface area contributed by atoms with Crippen LogP contribution in [0.5, 0.6) is 23.0 Å². The molecular formula is C61H76O6. The molecule has 0 saturated heterocycles. The fraction of sp³-hybridized carbons (Fsp3) is 0.344. The van der Waals surface area contributed by atoms with Gasteiger partial charge in [-0.25, -0.2) is 0 Å². The molecule has 0 atom stereocenters. The Labute approximate surface area is 403 Å². The molecule has 0 aromatic heterocycles. The Kier molecular flexibility index (Phi) is 22.4. The standard InChI is InChI=1S/C40H56.C21H20O6/c1-31(19-13-21-33(3)25-27-37-35(5)23-15-29-39(37,7)8)17-11-12-18-32(2)20-14-22-34(4)26-28-38-36(6)24-16-30-40(38,9)10;1-26-20-11-14(5-9-18(20)24)3-7-16(22)13-17(23)8-4-15-6-10-19(25)21(12-15)27-2/h11-14,17-22,25-28H,15-16,23-24,29-30H2,1-10H3;3-12,24-25H,13H2,1-2H3/b12-11+,19-13+,20-14+,27-25+,28-26+,31-17+,32-18+,33-21+,34-22+;7-3+,8-4+. The molecule has 6 nitrogen and oxygen atoms in total. The molecular weight excluding hydrogens is 829 g/mol. The minimum absolute atomic E-state index is 0.00662. The predicted molar refractivity (Wildman–Crippen MR) is 283 cm³/mol. The van der Waals surface area contributed by atoms with Crippen molar-refractivity contribution >= 4 is 23.7 Å². The summed E-state index contributed by atoms with van der Waals surface area (Å²) in [6.45, 7) is 22.7. The summed E-state index contributed by atoms with van der Waals surface area (Å²) in [7, 11) is 2.87. The summed E-state index contributed by atoms with van der Waals surface area (Å²) in [4.78, 5) is 23.9. The third kappa shape index (κ3) is 19.5. The lowest BCUT2D eigenvalue weighted by Gasteiger charge is -2.33. The third-order valence-electron chi connectivity index (χ3n) is 12.1. The Morgan fingerprint density at radius 1 is 0.537 bits per heavy atom. The van der Waals surface area contributed by atoms with E-state index in [0.717, 1.165) is 0 Å². The predicted octanol–water partition coefficient (Wildman–Crippen LogP) is 16.0. The molecule has 0 heterocycles. The van der Waals surface area contributed by atoms with Gasteiger partial charge in [0, 0.05) is 0 Å². The number of phenols is 2. The first-order chi connectivity index (χ1) is 31.7. The van der Waals surface area contributed by atoms with E-state index in [9.17, 15) is 19.8 Å². The van der Waals surface area contributed by atoms with E-state index < -0.39 is 0 Å². The van der Waals surface area contributed by atoms with Gasteiger partial charge in [-0.2, -0.15) is 0 Å². The van der Waals surface area contributed by atoms with E-state index in [1.54, 1.807) is 47.6 Å². The molecule has 0 radical (unpaired) electrons. The number of phenolic OH excluding ortho intramolecular Hbond substituents is 2. The maximum absolute atomic E-state index is 11.9. The van der Waals surface area contributed by atoms with Gasteiger partial charge in [0.25, 0.3) is 0 Å². The number of carbonyl (C=O) groups is 2. The van der Waals surface area contributed by atoms with Crippen LogP contribution in [-0.2, 0) is 9.59 Å². The maximum Gasteiger partial charge on any atom is 0.163 e. The van der Waals surface area contributed by atoms with Gasteiger partial charge in [-0.1, -0.05) is 170 Å². The molecule has 0 aliphatic heterocycles. The maximum atomic E-state index is 11.9. The highest BCUT2D eigenvalue weighted by Crippen LogP contribution is 2.42. The molecule has 2 N–H and O–H groups in total. The van der Waals surface area contributed by atoms with E-state index in [4.69, 9.17) is 9.47 Å². The highest BCUT2D eigenvalue weighted by atomic mass is 16.5. The smallest absolute Gasteiger partial charge is 0.163 e. The minimum atomic E-state index is -0.347. The molecule has 0 fully saturated rings. The molecule has 356 valence electrons. The summed E-state index contributed by atoms with van der Waals surface area (Å²) in [5.41, 5.74) is 13.1. The molecule has 4 rings (SSSR count). The number of methoxy groups -OCH3 is 2. The Morgan fingerprint density at radius 3 is 1.25 bits per heavy atom. The summed E-state index contributed by atoms with van der Waals surface area (Å²) in [5.74, 6) is -0.0832. The first kappa shape index (κ1) is 54.9.